The van der Waals surface area contributed by atoms with Crippen molar-refractivity contribution < 1.29 is 23.5 Å². The van der Waals surface area contributed by atoms with Crippen LogP contribution in [0.5, 0.6) is 11.5 Å². The Morgan fingerprint density at radius 3 is 2.48 bits per heavy atom. The molecule has 0 unspecified atom stereocenters. The number of amides is 1. The van der Waals surface area contributed by atoms with Crippen molar-refractivity contribution in [1.29, 1.82) is 0 Å². The van der Waals surface area contributed by atoms with Crippen LogP contribution in [0.1, 0.15) is 21.7 Å². The summed E-state index contributed by atoms with van der Waals surface area (Å²) in [5.41, 5.74) is 1.83. The molecule has 0 bridgehead atoms. The molecule has 8 heteroatoms. The zero-order valence-corrected chi connectivity index (χ0v) is 19.3. The highest BCUT2D eigenvalue weighted by Gasteiger charge is 2.24. The van der Waals surface area contributed by atoms with E-state index in [0.29, 0.717) is 33.1 Å². The molecule has 0 aliphatic heterocycles. The fourth-order valence-electron chi connectivity index (χ4n) is 3.36. The quantitative estimate of drug-likeness (QED) is 0.311. The molecule has 0 spiro atoms. The average molecular weight is 484 g/mol. The van der Waals surface area contributed by atoms with E-state index in [1.165, 1.54) is 13.2 Å². The number of hydrogen-bond donors (Lipinski definition) is 1. The van der Waals surface area contributed by atoms with Gasteiger partial charge in [0.2, 0.25) is 5.78 Å². The van der Waals surface area contributed by atoms with E-state index >= 15 is 0 Å². The van der Waals surface area contributed by atoms with Gasteiger partial charge in [-0.25, -0.2) is 0 Å². The van der Waals surface area contributed by atoms with Gasteiger partial charge in [-0.1, -0.05) is 35.3 Å². The molecule has 0 aliphatic carbocycles. The van der Waals surface area contributed by atoms with Crippen LogP contribution in [0.15, 0.2) is 65.1 Å². The Kier molecular flexibility index (Phi) is 6.58. The summed E-state index contributed by atoms with van der Waals surface area (Å²) < 4.78 is 16.6. The molecule has 4 rings (SSSR count). The second-order valence-electron chi connectivity index (χ2n) is 7.23. The van der Waals surface area contributed by atoms with Crippen LogP contribution in [0, 0.1) is 6.92 Å². The van der Waals surface area contributed by atoms with Crippen molar-refractivity contribution in [3.8, 4) is 11.5 Å². The first-order valence-corrected chi connectivity index (χ1v) is 10.7. The number of rotatable bonds is 7. The highest BCUT2D eigenvalue weighted by Crippen LogP contribution is 2.34. The maximum absolute atomic E-state index is 13.2. The second kappa shape index (κ2) is 9.57. The Labute approximate surface area is 200 Å². The van der Waals surface area contributed by atoms with E-state index in [4.69, 9.17) is 37.1 Å². The number of hydrogen-bond acceptors (Lipinski definition) is 5. The van der Waals surface area contributed by atoms with Crippen LogP contribution in [0.4, 0.5) is 5.69 Å². The Hall–Kier alpha value is -3.48. The van der Waals surface area contributed by atoms with Crippen molar-refractivity contribution in [2.24, 2.45) is 0 Å². The van der Waals surface area contributed by atoms with E-state index in [1.807, 2.05) is 6.92 Å². The SMILES string of the molecule is COc1ccc(C(=O)c2oc3ccccc3c2NC(=O)COc2ccc(Cl)cc2C)cc1Cl. The van der Waals surface area contributed by atoms with Crippen LogP contribution in [0.2, 0.25) is 10.0 Å². The summed E-state index contributed by atoms with van der Waals surface area (Å²) in [5, 5.41) is 4.22. The van der Waals surface area contributed by atoms with Crippen molar-refractivity contribution in [2.75, 3.05) is 19.0 Å². The molecule has 0 radical (unpaired) electrons. The second-order valence-corrected chi connectivity index (χ2v) is 8.07. The zero-order chi connectivity index (χ0) is 23.5. The lowest BCUT2D eigenvalue weighted by Gasteiger charge is -2.10. The normalized spacial score (nSPS) is 10.8. The molecule has 0 fully saturated rings. The van der Waals surface area contributed by atoms with Crippen LogP contribution >= 0.6 is 23.2 Å². The van der Waals surface area contributed by atoms with E-state index in [-0.39, 0.29) is 23.1 Å². The summed E-state index contributed by atoms with van der Waals surface area (Å²) in [6.45, 7) is 1.57. The van der Waals surface area contributed by atoms with Gasteiger partial charge in [0.15, 0.2) is 12.4 Å². The predicted molar refractivity (Wildman–Crippen MR) is 128 cm³/mol. The number of ether oxygens (including phenoxy) is 2. The number of methoxy groups -OCH3 is 1. The van der Waals surface area contributed by atoms with Gasteiger partial charge in [0, 0.05) is 16.0 Å². The number of ketones is 1. The predicted octanol–water partition coefficient (Wildman–Crippen LogP) is 6.31. The lowest BCUT2D eigenvalue weighted by Crippen LogP contribution is -2.21. The molecule has 0 atom stereocenters. The van der Waals surface area contributed by atoms with Gasteiger partial charge in [-0.2, -0.15) is 0 Å². The number of anilines is 1. The standard InChI is InChI=1S/C25H19Cl2NO5/c1-14-11-16(26)8-10-19(14)32-13-22(29)28-23-17-5-3-4-6-20(17)33-25(23)24(30)15-7-9-21(31-2)18(27)12-15/h3-12H,13H2,1-2H3,(H,28,29). The number of furan rings is 1. The first kappa shape index (κ1) is 22.7. The van der Waals surface area contributed by atoms with Gasteiger partial charge >= 0.3 is 0 Å². The fraction of sp³-hybridized carbons (Fsp3) is 0.120. The van der Waals surface area contributed by atoms with Gasteiger partial charge in [-0.15, -0.1) is 0 Å². The van der Waals surface area contributed by atoms with Crippen molar-refractivity contribution in [3.05, 3.63) is 87.6 Å². The summed E-state index contributed by atoms with van der Waals surface area (Å²) in [4.78, 5) is 25.9. The number of nitrogens with one attached hydrogen (secondary N) is 1. The summed E-state index contributed by atoms with van der Waals surface area (Å²) in [7, 11) is 1.49. The summed E-state index contributed by atoms with van der Waals surface area (Å²) in [6.07, 6.45) is 0. The van der Waals surface area contributed by atoms with Crippen LogP contribution in [0.3, 0.4) is 0 Å². The summed E-state index contributed by atoms with van der Waals surface area (Å²) in [5.74, 6) is 0.100. The molecule has 1 amide bonds. The molecule has 4 aromatic rings. The molecule has 1 aromatic heterocycles. The largest absolute Gasteiger partial charge is 0.495 e. The van der Waals surface area contributed by atoms with Gasteiger partial charge in [0.25, 0.3) is 5.91 Å². The maximum atomic E-state index is 13.2. The van der Waals surface area contributed by atoms with Gasteiger partial charge in [0.1, 0.15) is 17.1 Å². The number of aryl methyl sites for hydroxylation is 1. The number of carbonyl (C=O) groups excluding carboxylic acids is 2. The summed E-state index contributed by atoms with van der Waals surface area (Å²) >= 11 is 12.1. The molecule has 0 saturated heterocycles. The van der Waals surface area contributed by atoms with E-state index < -0.39 is 11.7 Å². The molecule has 0 aliphatic rings. The molecule has 33 heavy (non-hydrogen) atoms. The van der Waals surface area contributed by atoms with Crippen LogP contribution < -0.4 is 14.8 Å². The molecule has 1 heterocycles. The van der Waals surface area contributed by atoms with Crippen LogP contribution in [-0.2, 0) is 4.79 Å². The number of benzene rings is 3. The van der Waals surface area contributed by atoms with Crippen molar-refractivity contribution in [1.82, 2.24) is 0 Å². The number of halogens is 2. The minimum absolute atomic E-state index is 0.00606. The minimum Gasteiger partial charge on any atom is -0.495 e. The molecule has 0 saturated carbocycles. The minimum atomic E-state index is -0.447. The topological polar surface area (TPSA) is 77.8 Å². The van der Waals surface area contributed by atoms with E-state index in [0.717, 1.165) is 5.56 Å². The first-order valence-electron chi connectivity index (χ1n) is 9.96. The van der Waals surface area contributed by atoms with E-state index in [2.05, 4.69) is 5.32 Å². The van der Waals surface area contributed by atoms with Crippen molar-refractivity contribution in [2.45, 2.75) is 6.92 Å². The molecular formula is C25H19Cl2NO5. The molecule has 168 valence electrons. The highest BCUT2D eigenvalue weighted by atomic mass is 35.5. The van der Waals surface area contributed by atoms with Crippen LogP contribution in [-0.4, -0.2) is 25.4 Å². The lowest BCUT2D eigenvalue weighted by molar-refractivity contribution is -0.118. The van der Waals surface area contributed by atoms with E-state index in [1.54, 1.807) is 54.6 Å². The fourth-order valence-corrected chi connectivity index (χ4v) is 3.85. The third-order valence-corrected chi connectivity index (χ3v) is 5.51. The van der Waals surface area contributed by atoms with Gasteiger partial charge < -0.3 is 19.2 Å². The van der Waals surface area contributed by atoms with Gasteiger partial charge in [0.05, 0.1) is 17.8 Å². The Bertz CT molecular complexity index is 1360. The number of para-hydroxylation sites is 1. The monoisotopic (exact) mass is 483 g/mol. The van der Waals surface area contributed by atoms with Gasteiger partial charge in [-0.05, 0) is 61.0 Å². The van der Waals surface area contributed by atoms with Crippen molar-refractivity contribution in [3.63, 3.8) is 0 Å². The Balaban J connectivity index is 1.61. The zero-order valence-electron chi connectivity index (χ0n) is 17.8. The number of carbonyl (C=O) groups is 2. The Morgan fingerprint density at radius 2 is 1.76 bits per heavy atom. The third kappa shape index (κ3) is 4.82. The van der Waals surface area contributed by atoms with E-state index in [9.17, 15) is 9.59 Å². The maximum Gasteiger partial charge on any atom is 0.262 e. The lowest BCUT2D eigenvalue weighted by atomic mass is 10.1. The molecule has 1 N–H and O–H groups in total. The molecular weight excluding hydrogens is 465 g/mol. The summed E-state index contributed by atoms with van der Waals surface area (Å²) in [6, 6.07) is 16.8. The average Bonchev–Trinajstić information content (AvgIpc) is 3.16. The number of fused-ring (bicyclic) bond motifs is 1. The molecule has 6 nitrogen and oxygen atoms in total. The van der Waals surface area contributed by atoms with Gasteiger partial charge in [-0.3, -0.25) is 9.59 Å². The van der Waals surface area contributed by atoms with Crippen LogP contribution in [0.25, 0.3) is 11.0 Å². The third-order valence-electron chi connectivity index (χ3n) is 4.98. The first-order chi connectivity index (χ1) is 15.9. The Morgan fingerprint density at radius 1 is 1.00 bits per heavy atom. The highest BCUT2D eigenvalue weighted by molar-refractivity contribution is 6.32. The van der Waals surface area contributed by atoms with Crippen molar-refractivity contribution >= 4 is 51.5 Å². The smallest absolute Gasteiger partial charge is 0.262 e. The molecule has 3 aromatic carbocycles.